The predicted molar refractivity (Wildman–Crippen MR) is 83.0 cm³/mol. The van der Waals surface area contributed by atoms with Crippen molar-refractivity contribution in [2.75, 3.05) is 53.1 Å². The number of aliphatic hydroxyl groups is 1. The van der Waals surface area contributed by atoms with E-state index in [4.69, 9.17) is 10.5 Å². The summed E-state index contributed by atoms with van der Waals surface area (Å²) in [7, 11) is 6.15. The highest BCUT2D eigenvalue weighted by Gasteiger charge is 2.09. The van der Waals surface area contributed by atoms with Gasteiger partial charge < -0.3 is 25.4 Å². The normalized spacial score (nSPS) is 12.9. The lowest BCUT2D eigenvalue weighted by molar-refractivity contribution is 0.0755. The van der Waals surface area contributed by atoms with E-state index in [0.29, 0.717) is 18.8 Å². The molecule has 0 bridgehead atoms. The van der Waals surface area contributed by atoms with Crippen molar-refractivity contribution in [3.8, 4) is 5.75 Å². The Morgan fingerprint density at radius 2 is 1.80 bits per heavy atom. The molecule has 0 radical (unpaired) electrons. The van der Waals surface area contributed by atoms with Crippen molar-refractivity contribution in [2.45, 2.75) is 12.5 Å². The fourth-order valence-electron chi connectivity index (χ4n) is 1.92. The number of anilines is 1. The molecule has 1 rings (SSSR count). The molecule has 1 unspecified atom stereocenters. The minimum Gasteiger partial charge on any atom is -0.491 e. The van der Waals surface area contributed by atoms with Crippen molar-refractivity contribution in [1.29, 1.82) is 0 Å². The lowest BCUT2D eigenvalue weighted by Crippen LogP contribution is -2.34. The summed E-state index contributed by atoms with van der Waals surface area (Å²) < 4.78 is 5.53. The van der Waals surface area contributed by atoms with Gasteiger partial charge in [-0.2, -0.15) is 0 Å². The molecule has 0 fully saturated rings. The third-order valence-electron chi connectivity index (χ3n) is 2.99. The van der Waals surface area contributed by atoms with E-state index in [-0.39, 0.29) is 0 Å². The van der Waals surface area contributed by atoms with Crippen LogP contribution in [0.1, 0.15) is 6.42 Å². The van der Waals surface area contributed by atoms with Crippen LogP contribution in [0.3, 0.4) is 0 Å². The third-order valence-corrected chi connectivity index (χ3v) is 2.99. The number of hydrogen-bond donors (Lipinski definition) is 2. The molecule has 0 saturated heterocycles. The second kappa shape index (κ2) is 8.79. The van der Waals surface area contributed by atoms with E-state index in [0.717, 1.165) is 25.3 Å². The van der Waals surface area contributed by atoms with Gasteiger partial charge in [0.05, 0.1) is 0 Å². The standard InChI is InChI=1S/C15H27N3O2/c1-17(2)9-4-10-18(3)11-14(19)12-20-15-7-5-13(16)6-8-15/h5-8,14,19H,4,9-12,16H2,1-3H3. The first-order valence-corrected chi connectivity index (χ1v) is 6.97. The Hall–Kier alpha value is -1.30. The summed E-state index contributed by atoms with van der Waals surface area (Å²) in [4.78, 5) is 4.29. The van der Waals surface area contributed by atoms with Crippen LogP contribution in [0.15, 0.2) is 24.3 Å². The zero-order chi connectivity index (χ0) is 15.0. The maximum Gasteiger partial charge on any atom is 0.119 e. The molecule has 5 heteroatoms. The topological polar surface area (TPSA) is 62.0 Å². The van der Waals surface area contributed by atoms with Gasteiger partial charge in [-0.05, 0) is 64.9 Å². The van der Waals surface area contributed by atoms with E-state index < -0.39 is 6.10 Å². The largest absolute Gasteiger partial charge is 0.491 e. The summed E-state index contributed by atoms with van der Waals surface area (Å²) in [5, 5.41) is 9.94. The van der Waals surface area contributed by atoms with E-state index in [2.05, 4.69) is 23.9 Å². The van der Waals surface area contributed by atoms with Gasteiger partial charge in [-0.25, -0.2) is 0 Å². The van der Waals surface area contributed by atoms with Gasteiger partial charge >= 0.3 is 0 Å². The quantitative estimate of drug-likeness (QED) is 0.658. The van der Waals surface area contributed by atoms with Crippen LogP contribution in [0.5, 0.6) is 5.75 Å². The number of rotatable bonds is 9. The number of nitrogen functional groups attached to an aromatic ring is 1. The van der Waals surface area contributed by atoms with Gasteiger partial charge in [0.1, 0.15) is 18.5 Å². The number of benzene rings is 1. The Bertz CT molecular complexity index is 368. The molecule has 0 saturated carbocycles. The highest BCUT2D eigenvalue weighted by atomic mass is 16.5. The van der Waals surface area contributed by atoms with E-state index in [1.54, 1.807) is 12.1 Å². The number of nitrogens with two attached hydrogens (primary N) is 1. The molecular weight excluding hydrogens is 254 g/mol. The summed E-state index contributed by atoms with van der Waals surface area (Å²) >= 11 is 0. The number of ether oxygens (including phenoxy) is 1. The fourth-order valence-corrected chi connectivity index (χ4v) is 1.92. The van der Waals surface area contributed by atoms with Crippen LogP contribution in [-0.2, 0) is 0 Å². The van der Waals surface area contributed by atoms with E-state index in [1.165, 1.54) is 0 Å². The first-order chi connectivity index (χ1) is 9.47. The third kappa shape index (κ3) is 7.33. The van der Waals surface area contributed by atoms with Gasteiger partial charge in [0.25, 0.3) is 0 Å². The van der Waals surface area contributed by atoms with Gasteiger partial charge in [-0.1, -0.05) is 0 Å². The maximum absolute atomic E-state index is 9.94. The maximum atomic E-state index is 9.94. The highest BCUT2D eigenvalue weighted by molar-refractivity contribution is 5.41. The lowest BCUT2D eigenvalue weighted by Gasteiger charge is -2.21. The fraction of sp³-hybridized carbons (Fsp3) is 0.600. The molecule has 1 aromatic rings. The van der Waals surface area contributed by atoms with E-state index in [1.807, 2.05) is 19.2 Å². The summed E-state index contributed by atoms with van der Waals surface area (Å²) in [6.45, 7) is 2.93. The number of nitrogens with zero attached hydrogens (tertiary/aromatic N) is 2. The van der Waals surface area contributed by atoms with Crippen molar-refractivity contribution in [1.82, 2.24) is 9.80 Å². The monoisotopic (exact) mass is 281 g/mol. The van der Waals surface area contributed by atoms with Gasteiger partial charge in [0.15, 0.2) is 0 Å². The van der Waals surface area contributed by atoms with Gasteiger partial charge in [0, 0.05) is 12.2 Å². The molecule has 1 aromatic carbocycles. The summed E-state index contributed by atoms with van der Waals surface area (Å²) in [5.41, 5.74) is 6.31. The van der Waals surface area contributed by atoms with Crippen LogP contribution in [-0.4, -0.2) is 68.4 Å². The summed E-state index contributed by atoms with van der Waals surface area (Å²) in [6, 6.07) is 7.19. The van der Waals surface area contributed by atoms with Gasteiger partial charge in [-0.15, -0.1) is 0 Å². The first kappa shape index (κ1) is 16.8. The Balaban J connectivity index is 2.19. The van der Waals surface area contributed by atoms with E-state index in [9.17, 15) is 5.11 Å². The van der Waals surface area contributed by atoms with Gasteiger partial charge in [-0.3, -0.25) is 0 Å². The van der Waals surface area contributed by atoms with Crippen LogP contribution < -0.4 is 10.5 Å². The SMILES string of the molecule is CN(C)CCCN(C)CC(O)COc1ccc(N)cc1. The second-order valence-electron chi connectivity index (χ2n) is 5.45. The molecule has 114 valence electrons. The van der Waals surface area contributed by atoms with Crippen LogP contribution >= 0.6 is 0 Å². The number of aliphatic hydroxyl groups excluding tert-OH is 1. The number of hydrogen-bond acceptors (Lipinski definition) is 5. The number of likely N-dealkylation sites (N-methyl/N-ethyl adjacent to an activating group) is 1. The molecule has 0 spiro atoms. The van der Waals surface area contributed by atoms with Crippen molar-refractivity contribution in [3.63, 3.8) is 0 Å². The van der Waals surface area contributed by atoms with Crippen molar-refractivity contribution in [2.24, 2.45) is 0 Å². The Morgan fingerprint density at radius 3 is 2.40 bits per heavy atom. The summed E-state index contributed by atoms with van der Waals surface area (Å²) in [6.07, 6.45) is 0.603. The zero-order valence-corrected chi connectivity index (χ0v) is 12.7. The van der Waals surface area contributed by atoms with Crippen molar-refractivity contribution in [3.05, 3.63) is 24.3 Å². The van der Waals surface area contributed by atoms with Crippen molar-refractivity contribution >= 4 is 5.69 Å². The summed E-state index contributed by atoms with van der Waals surface area (Å²) in [5.74, 6) is 0.730. The van der Waals surface area contributed by atoms with E-state index >= 15 is 0 Å². The zero-order valence-electron chi connectivity index (χ0n) is 12.7. The molecule has 0 aliphatic heterocycles. The second-order valence-corrected chi connectivity index (χ2v) is 5.45. The van der Waals surface area contributed by atoms with Crippen LogP contribution in [0, 0.1) is 0 Å². The molecular formula is C15H27N3O2. The molecule has 20 heavy (non-hydrogen) atoms. The Labute approximate surface area is 121 Å². The van der Waals surface area contributed by atoms with Gasteiger partial charge in [0.2, 0.25) is 0 Å². The molecule has 0 amide bonds. The smallest absolute Gasteiger partial charge is 0.119 e. The molecule has 5 nitrogen and oxygen atoms in total. The first-order valence-electron chi connectivity index (χ1n) is 6.97. The molecule has 1 atom stereocenters. The molecule has 0 aromatic heterocycles. The molecule has 0 aliphatic carbocycles. The van der Waals surface area contributed by atoms with Crippen LogP contribution in [0.4, 0.5) is 5.69 Å². The molecule has 0 aliphatic rings. The van der Waals surface area contributed by atoms with Crippen LogP contribution in [0.25, 0.3) is 0 Å². The van der Waals surface area contributed by atoms with Crippen LogP contribution in [0.2, 0.25) is 0 Å². The average Bonchev–Trinajstić information content (AvgIpc) is 2.37. The molecule has 3 N–H and O–H groups in total. The Kier molecular flexibility index (Phi) is 7.36. The lowest BCUT2D eigenvalue weighted by atomic mass is 10.3. The minimum atomic E-state index is -0.489. The Morgan fingerprint density at radius 1 is 1.15 bits per heavy atom. The molecule has 0 heterocycles. The average molecular weight is 281 g/mol. The predicted octanol–water partition coefficient (Wildman–Crippen LogP) is 0.892. The van der Waals surface area contributed by atoms with Crippen molar-refractivity contribution < 1.29 is 9.84 Å². The minimum absolute atomic E-state index is 0.294. The highest BCUT2D eigenvalue weighted by Crippen LogP contribution is 2.13.